The van der Waals surface area contributed by atoms with Crippen LogP contribution in [0.2, 0.25) is 0 Å². The molecule has 11 aliphatic rings. The molecule has 12 nitrogen and oxygen atoms in total. The van der Waals surface area contributed by atoms with Crippen LogP contribution in [0, 0.1) is 102 Å². The van der Waals surface area contributed by atoms with Crippen LogP contribution >= 0.6 is 0 Å². The standard InChI is InChI=1S/C12H16O2.C12H16O.2C10H21N.4C9H19N.C9H18O.2C8H17N.4C2H6/c1-12(2,3)9-4-5-10-11(8-9)14-7-6-13-10;1-12(2,3)10-5-4-9-6-7-13-11(9)8-10;2*1-10(2,3)9-5-7-11(4)8-6-9;2*1-9(2,3)8-5-6-10(4)7-8;3*1-9(2,3)8-4-6-10-7-5-8;2*1-8(2,3)7-4-5-9-6-7;4*1-2/h4-5,8H,6-7H2,1-3H3;4-5,8H,6-7H2,1-3H3;2*9H,5-8H2,1-4H3;2*8H,5-7H2,1-4H3;2*8,10H,4-7H2,1-3H3;8H,4-7H2,1-3H3;2*7,9H,4-6H2,1-3H3;4*1-2H3. The maximum atomic E-state index is 5.53. The average Bonchev–Trinajstić information content (AvgIpc) is 1.80. The van der Waals surface area contributed by atoms with Gasteiger partial charge >= 0.3 is 0 Å². The Morgan fingerprint density at radius 1 is 0.248 bits per heavy atom. The van der Waals surface area contributed by atoms with Crippen LogP contribution in [0.25, 0.3) is 0 Å². The molecule has 0 aromatic heterocycles. The van der Waals surface area contributed by atoms with Crippen LogP contribution in [0.4, 0.5) is 0 Å². The Morgan fingerprint density at radius 3 is 0.744 bits per heavy atom. The summed E-state index contributed by atoms with van der Waals surface area (Å²) in [6.45, 7) is 117. The monoisotopic (exact) mass is 1760 g/mol. The zero-order chi connectivity index (χ0) is 96.8. The van der Waals surface area contributed by atoms with Crippen LogP contribution in [0.3, 0.4) is 0 Å². The molecule has 742 valence electrons. The summed E-state index contributed by atoms with van der Waals surface area (Å²) in [5.41, 5.74) is 9.05. The first-order valence-electron chi connectivity index (χ1n) is 52.0. The Kier molecular flexibility index (Phi) is 60.4. The van der Waals surface area contributed by atoms with E-state index in [1.807, 2.05) is 61.5 Å². The molecule has 9 saturated heterocycles. The average molecular weight is 1760 g/mol. The number of piperidine rings is 4. The summed E-state index contributed by atoms with van der Waals surface area (Å²) < 4.78 is 21.8. The number of nitrogens with zero attached hydrogens (tertiary/aromatic N) is 4. The Balaban J connectivity index is 0. The second-order valence-electron chi connectivity index (χ2n) is 49.5. The lowest BCUT2D eigenvalue weighted by atomic mass is 9.75. The molecule has 4 N–H and O–H groups in total. The van der Waals surface area contributed by atoms with Crippen molar-refractivity contribution >= 4 is 0 Å². The summed E-state index contributed by atoms with van der Waals surface area (Å²) >= 11 is 0. The topological polar surface area (TPSA) is 98.0 Å². The predicted molar refractivity (Wildman–Crippen MR) is 559 cm³/mol. The molecule has 125 heavy (non-hydrogen) atoms. The van der Waals surface area contributed by atoms with E-state index in [-0.39, 0.29) is 10.8 Å². The van der Waals surface area contributed by atoms with Gasteiger partial charge in [-0.3, -0.25) is 0 Å². The van der Waals surface area contributed by atoms with Gasteiger partial charge in [-0.2, -0.15) is 0 Å². The Bertz CT molecular complexity index is 2720. The highest BCUT2D eigenvalue weighted by Gasteiger charge is 2.35. The first-order valence-corrected chi connectivity index (χ1v) is 52.0. The van der Waals surface area contributed by atoms with Gasteiger partial charge < -0.3 is 59.8 Å². The number of nitrogens with one attached hydrogen (secondary N) is 4. The summed E-state index contributed by atoms with van der Waals surface area (Å²) in [4.78, 5) is 9.72. The van der Waals surface area contributed by atoms with Crippen molar-refractivity contribution in [2.75, 3.05) is 166 Å². The minimum absolute atomic E-state index is 0.163. The van der Waals surface area contributed by atoms with Crippen LogP contribution < -0.4 is 35.5 Å². The number of hydrogen-bond acceptors (Lipinski definition) is 12. The SMILES string of the molecule is CC.CC.CC.CC.CC(C)(C)C1CCNC1.CC(C)(C)C1CCNC1.CC(C)(C)C1CCNCC1.CC(C)(C)C1CCNCC1.CC(C)(C)C1CCOCC1.CC(C)(C)c1ccc2c(c1)OCC2.CC(C)(C)c1ccc2c(c1)OCCO2.CN1CCC(C(C)(C)C)C1.CN1CCC(C(C)(C)C)C1.CN1CCC(C(C)(C)C)CC1.CN1CCC(C(C)(C)C)CC1. The second kappa shape index (κ2) is 60.7. The fraction of sp³-hybridized carbons (Fsp3) is 0.894. The van der Waals surface area contributed by atoms with E-state index in [0.29, 0.717) is 61.9 Å². The molecule has 0 amide bonds. The molecule has 2 aromatic carbocycles. The van der Waals surface area contributed by atoms with E-state index in [1.54, 1.807) is 0 Å². The lowest BCUT2D eigenvalue weighted by molar-refractivity contribution is 0.0286. The third kappa shape index (κ3) is 54.4. The lowest BCUT2D eigenvalue weighted by Gasteiger charge is -2.37. The molecule has 0 aliphatic carbocycles. The number of benzene rings is 2. The van der Waals surface area contributed by atoms with Crippen LogP contribution in [0.15, 0.2) is 36.4 Å². The minimum Gasteiger partial charge on any atom is -0.493 e. The van der Waals surface area contributed by atoms with E-state index in [1.165, 1.54) is 211 Å². The highest BCUT2D eigenvalue weighted by atomic mass is 16.6. The molecule has 4 unspecified atom stereocenters. The zero-order valence-electron chi connectivity index (χ0n) is 93.0. The van der Waals surface area contributed by atoms with Gasteiger partial charge in [0.25, 0.3) is 0 Å². The first kappa shape index (κ1) is 125. The van der Waals surface area contributed by atoms with Crippen LogP contribution in [-0.2, 0) is 22.0 Å². The second-order valence-corrected chi connectivity index (χ2v) is 49.5. The summed E-state index contributed by atoms with van der Waals surface area (Å²) in [6, 6.07) is 12.8. The van der Waals surface area contributed by atoms with Gasteiger partial charge in [0.1, 0.15) is 19.0 Å². The molecule has 9 fully saturated rings. The van der Waals surface area contributed by atoms with E-state index in [4.69, 9.17) is 18.9 Å². The third-order valence-electron chi connectivity index (χ3n) is 28.2. The number of ether oxygens (including phenoxy) is 4. The van der Waals surface area contributed by atoms with Crippen LogP contribution in [0.5, 0.6) is 17.2 Å². The third-order valence-corrected chi connectivity index (χ3v) is 28.2. The van der Waals surface area contributed by atoms with Crippen molar-refractivity contribution in [1.82, 2.24) is 40.9 Å². The predicted octanol–water partition coefficient (Wildman–Crippen LogP) is 28.3. The van der Waals surface area contributed by atoms with Gasteiger partial charge in [-0.05, 0) is 357 Å². The van der Waals surface area contributed by atoms with Gasteiger partial charge in [-0.25, -0.2) is 0 Å². The van der Waals surface area contributed by atoms with Gasteiger partial charge in [0, 0.05) is 32.7 Å². The van der Waals surface area contributed by atoms with Gasteiger partial charge in [-0.15, -0.1) is 0 Å². The maximum Gasteiger partial charge on any atom is 0.161 e. The van der Waals surface area contributed by atoms with Gasteiger partial charge in [0.05, 0.1) is 6.61 Å². The normalized spacial score (nSPS) is 22.2. The van der Waals surface area contributed by atoms with Crippen molar-refractivity contribution < 1.29 is 18.9 Å². The smallest absolute Gasteiger partial charge is 0.161 e. The molecule has 13 rings (SSSR count). The molecule has 2 aromatic rings. The molecule has 0 saturated carbocycles. The summed E-state index contributed by atoms with van der Waals surface area (Å²) in [5, 5.41) is 13.5. The molecule has 11 aliphatic heterocycles. The van der Waals surface area contributed by atoms with Crippen molar-refractivity contribution in [3.05, 3.63) is 53.1 Å². The van der Waals surface area contributed by atoms with Crippen molar-refractivity contribution in [3.63, 3.8) is 0 Å². The fourth-order valence-corrected chi connectivity index (χ4v) is 17.9. The van der Waals surface area contributed by atoms with E-state index in [0.717, 1.165) is 96.8 Å². The van der Waals surface area contributed by atoms with Crippen molar-refractivity contribution in [1.29, 1.82) is 0 Å². The minimum atomic E-state index is 0.163. The quantitative estimate of drug-likeness (QED) is 0.202. The molecule has 12 heteroatoms. The largest absolute Gasteiger partial charge is 0.493 e. The molecule has 11 heterocycles. The zero-order valence-corrected chi connectivity index (χ0v) is 93.0. The highest BCUT2D eigenvalue weighted by molar-refractivity contribution is 5.45. The lowest BCUT2D eigenvalue weighted by Crippen LogP contribution is -2.35. The van der Waals surface area contributed by atoms with Crippen LogP contribution in [-0.4, -0.2) is 186 Å². The summed E-state index contributed by atoms with van der Waals surface area (Å²) in [7, 11) is 8.87. The molecule has 0 bridgehead atoms. The highest BCUT2D eigenvalue weighted by Crippen LogP contribution is 2.41. The molecule has 0 radical (unpaired) electrons. The number of fused-ring (bicyclic) bond motifs is 2. The Hall–Kier alpha value is -2.52. The Morgan fingerprint density at radius 2 is 0.496 bits per heavy atom. The molecular weight excluding hydrogens is 1530 g/mol. The van der Waals surface area contributed by atoms with Crippen molar-refractivity contribution in [3.8, 4) is 17.2 Å². The van der Waals surface area contributed by atoms with E-state index in [9.17, 15) is 0 Å². The number of rotatable bonds is 0. The van der Waals surface area contributed by atoms with Crippen molar-refractivity contribution in [2.24, 2.45) is 102 Å². The summed E-state index contributed by atoms with van der Waals surface area (Å²) in [6.07, 6.45) is 20.1. The maximum absolute atomic E-state index is 5.53. The molecule has 4 atom stereocenters. The van der Waals surface area contributed by atoms with E-state index < -0.39 is 0 Å². The molecule has 0 spiro atoms. The molecular formula is C113H226N8O4. The summed E-state index contributed by atoms with van der Waals surface area (Å²) in [5.74, 6) is 11.1. The van der Waals surface area contributed by atoms with E-state index in [2.05, 4.69) is 328 Å². The number of hydrogen-bond donors (Lipinski definition) is 4. The Labute approximate surface area is 784 Å². The first-order chi connectivity index (χ1) is 57.7. The van der Waals surface area contributed by atoms with Gasteiger partial charge in [0.15, 0.2) is 11.5 Å². The van der Waals surface area contributed by atoms with Gasteiger partial charge in [-0.1, -0.05) is 302 Å². The van der Waals surface area contributed by atoms with Gasteiger partial charge in [0.2, 0.25) is 0 Å². The van der Waals surface area contributed by atoms with E-state index >= 15 is 0 Å². The fourth-order valence-electron chi connectivity index (χ4n) is 17.9. The van der Waals surface area contributed by atoms with Crippen molar-refractivity contribution in [2.45, 2.75) is 391 Å². The number of likely N-dealkylation sites (tertiary alicyclic amines) is 4. The van der Waals surface area contributed by atoms with Crippen LogP contribution in [0.1, 0.15) is 390 Å².